The Morgan fingerprint density at radius 2 is 1.25 bits per heavy atom. The van der Waals surface area contributed by atoms with Crippen LogP contribution in [0.1, 0.15) is 104 Å². The molecule has 4 nitrogen and oxygen atoms in total. The predicted molar refractivity (Wildman–Crippen MR) is 97.9 cm³/mol. The van der Waals surface area contributed by atoms with E-state index in [1.165, 1.54) is 38.5 Å². The highest BCUT2D eigenvalue weighted by molar-refractivity contribution is 5.69. The van der Waals surface area contributed by atoms with Crippen molar-refractivity contribution in [1.29, 1.82) is 0 Å². The Bertz CT molecular complexity index is 315. The molecule has 0 heterocycles. The second-order valence-electron chi connectivity index (χ2n) is 6.64. The van der Waals surface area contributed by atoms with Crippen molar-refractivity contribution in [3.63, 3.8) is 0 Å². The quantitative estimate of drug-likeness (QED) is 0.272. The zero-order valence-electron chi connectivity index (χ0n) is 16.1. The van der Waals surface area contributed by atoms with Crippen LogP contribution in [0.15, 0.2) is 0 Å². The molecule has 0 fully saturated rings. The van der Waals surface area contributed by atoms with Gasteiger partial charge in [-0.1, -0.05) is 65.2 Å². The fourth-order valence-corrected chi connectivity index (χ4v) is 2.50. The van der Waals surface area contributed by atoms with Crippen molar-refractivity contribution in [3.05, 3.63) is 0 Å². The molecule has 0 amide bonds. The molecular weight excluding hydrogens is 304 g/mol. The van der Waals surface area contributed by atoms with Crippen LogP contribution in [0.4, 0.5) is 0 Å². The second kappa shape index (κ2) is 16.8. The summed E-state index contributed by atoms with van der Waals surface area (Å²) in [6.45, 7) is 6.54. The summed E-state index contributed by atoms with van der Waals surface area (Å²) in [7, 11) is 0. The van der Waals surface area contributed by atoms with Gasteiger partial charge in [0.2, 0.25) is 0 Å². The van der Waals surface area contributed by atoms with Crippen LogP contribution in [0.2, 0.25) is 0 Å². The zero-order chi connectivity index (χ0) is 18.0. The van der Waals surface area contributed by atoms with E-state index in [4.69, 9.17) is 9.47 Å². The third kappa shape index (κ3) is 15.8. The molecule has 0 spiro atoms. The van der Waals surface area contributed by atoms with Gasteiger partial charge in [0.15, 0.2) is 0 Å². The number of unbranched alkanes of at least 4 members (excludes halogenated alkanes) is 8. The smallest absolute Gasteiger partial charge is 0.306 e. The summed E-state index contributed by atoms with van der Waals surface area (Å²) in [6.07, 6.45) is 12.6. The monoisotopic (exact) mass is 342 g/mol. The van der Waals surface area contributed by atoms with E-state index in [-0.39, 0.29) is 18.0 Å². The first-order chi connectivity index (χ1) is 11.6. The molecule has 0 aromatic carbocycles. The molecule has 0 N–H and O–H groups in total. The lowest BCUT2D eigenvalue weighted by Gasteiger charge is -2.13. The van der Waals surface area contributed by atoms with E-state index in [1.54, 1.807) is 0 Å². The van der Waals surface area contributed by atoms with Crippen LogP contribution in [-0.4, -0.2) is 24.6 Å². The lowest BCUT2D eigenvalue weighted by Crippen LogP contribution is -2.18. The Kier molecular flexibility index (Phi) is 16.0. The van der Waals surface area contributed by atoms with Gasteiger partial charge in [0, 0.05) is 19.3 Å². The van der Waals surface area contributed by atoms with E-state index in [2.05, 4.69) is 13.8 Å². The van der Waals surface area contributed by atoms with Crippen LogP contribution in [0, 0.1) is 0 Å². The largest absolute Gasteiger partial charge is 0.466 e. The molecule has 4 heteroatoms. The van der Waals surface area contributed by atoms with Crippen molar-refractivity contribution in [2.75, 3.05) is 6.61 Å². The van der Waals surface area contributed by atoms with Gasteiger partial charge in [-0.2, -0.15) is 0 Å². The summed E-state index contributed by atoms with van der Waals surface area (Å²) < 4.78 is 10.5. The number of hydrogen-bond donors (Lipinski definition) is 0. The summed E-state index contributed by atoms with van der Waals surface area (Å²) in [5.41, 5.74) is 0. The first-order valence-electron chi connectivity index (χ1n) is 9.95. The number of rotatable bonds is 16. The average molecular weight is 343 g/mol. The van der Waals surface area contributed by atoms with E-state index < -0.39 is 0 Å². The number of ether oxygens (including phenoxy) is 2. The fourth-order valence-electron chi connectivity index (χ4n) is 2.50. The number of carbonyl (C=O) groups excluding carboxylic acids is 2. The minimum atomic E-state index is -0.189. The topological polar surface area (TPSA) is 52.6 Å². The second-order valence-corrected chi connectivity index (χ2v) is 6.64. The summed E-state index contributed by atoms with van der Waals surface area (Å²) in [5, 5.41) is 0. The number of esters is 2. The molecule has 0 saturated carbocycles. The molecule has 0 aromatic rings. The first-order valence-corrected chi connectivity index (χ1v) is 9.95. The molecule has 0 aromatic heterocycles. The Labute approximate surface area is 148 Å². The van der Waals surface area contributed by atoms with Crippen molar-refractivity contribution in [3.8, 4) is 0 Å². The van der Waals surface area contributed by atoms with Gasteiger partial charge >= 0.3 is 11.9 Å². The molecular formula is C20H38O4. The first kappa shape index (κ1) is 22.9. The van der Waals surface area contributed by atoms with E-state index in [1.807, 2.05) is 6.92 Å². The SMILES string of the molecule is CCCCCCCC(=O)OCCC(C)OC(=O)CCCCCCC. The predicted octanol–water partition coefficient (Wildman–Crippen LogP) is 5.57. The maximum absolute atomic E-state index is 11.7. The minimum absolute atomic E-state index is 0.138. The summed E-state index contributed by atoms with van der Waals surface area (Å²) in [4.78, 5) is 23.3. The Hall–Kier alpha value is -1.06. The molecule has 0 aliphatic carbocycles. The van der Waals surface area contributed by atoms with E-state index in [9.17, 15) is 9.59 Å². The van der Waals surface area contributed by atoms with Crippen LogP contribution in [0.25, 0.3) is 0 Å². The lowest BCUT2D eigenvalue weighted by atomic mass is 10.1. The Balaban J connectivity index is 3.51. The highest BCUT2D eigenvalue weighted by atomic mass is 16.6. The van der Waals surface area contributed by atoms with E-state index >= 15 is 0 Å². The minimum Gasteiger partial charge on any atom is -0.466 e. The summed E-state index contributed by atoms with van der Waals surface area (Å²) in [6, 6.07) is 0. The van der Waals surface area contributed by atoms with Gasteiger partial charge in [0.25, 0.3) is 0 Å². The molecule has 0 saturated heterocycles. The molecule has 142 valence electrons. The van der Waals surface area contributed by atoms with Crippen LogP contribution in [0.5, 0.6) is 0 Å². The fraction of sp³-hybridized carbons (Fsp3) is 0.900. The van der Waals surface area contributed by atoms with Gasteiger partial charge in [-0.05, 0) is 19.8 Å². The molecule has 1 unspecified atom stereocenters. The van der Waals surface area contributed by atoms with E-state index in [0.29, 0.717) is 25.9 Å². The molecule has 0 rings (SSSR count). The highest BCUT2D eigenvalue weighted by Crippen LogP contribution is 2.09. The van der Waals surface area contributed by atoms with Gasteiger partial charge in [-0.15, -0.1) is 0 Å². The normalized spacial score (nSPS) is 12.0. The molecule has 0 aliphatic rings. The number of hydrogen-bond acceptors (Lipinski definition) is 4. The van der Waals surface area contributed by atoms with Crippen LogP contribution in [-0.2, 0) is 19.1 Å². The summed E-state index contributed by atoms with van der Waals surface area (Å²) >= 11 is 0. The Morgan fingerprint density at radius 3 is 1.79 bits per heavy atom. The molecule has 24 heavy (non-hydrogen) atoms. The van der Waals surface area contributed by atoms with Gasteiger partial charge in [-0.25, -0.2) is 0 Å². The van der Waals surface area contributed by atoms with Crippen molar-refractivity contribution >= 4 is 11.9 Å². The highest BCUT2D eigenvalue weighted by Gasteiger charge is 2.10. The Morgan fingerprint density at radius 1 is 0.750 bits per heavy atom. The average Bonchev–Trinajstić information content (AvgIpc) is 2.54. The van der Waals surface area contributed by atoms with Gasteiger partial charge in [-0.3, -0.25) is 9.59 Å². The van der Waals surface area contributed by atoms with Crippen LogP contribution < -0.4 is 0 Å². The van der Waals surface area contributed by atoms with Crippen LogP contribution in [0.3, 0.4) is 0 Å². The van der Waals surface area contributed by atoms with Gasteiger partial charge in [0.1, 0.15) is 6.10 Å². The molecule has 0 bridgehead atoms. The van der Waals surface area contributed by atoms with Crippen molar-refractivity contribution in [1.82, 2.24) is 0 Å². The van der Waals surface area contributed by atoms with Crippen molar-refractivity contribution < 1.29 is 19.1 Å². The maximum atomic E-state index is 11.7. The molecule has 0 radical (unpaired) electrons. The third-order valence-corrected chi connectivity index (χ3v) is 4.09. The summed E-state index contributed by atoms with van der Waals surface area (Å²) in [5.74, 6) is -0.276. The maximum Gasteiger partial charge on any atom is 0.306 e. The van der Waals surface area contributed by atoms with Crippen LogP contribution >= 0.6 is 0 Å². The molecule has 1 atom stereocenters. The zero-order valence-corrected chi connectivity index (χ0v) is 16.1. The van der Waals surface area contributed by atoms with E-state index in [0.717, 1.165) is 25.7 Å². The molecule has 0 aliphatic heterocycles. The van der Waals surface area contributed by atoms with Crippen molar-refractivity contribution in [2.45, 2.75) is 110 Å². The van der Waals surface area contributed by atoms with Gasteiger partial charge in [0.05, 0.1) is 6.61 Å². The lowest BCUT2D eigenvalue weighted by molar-refractivity contribution is -0.150. The number of carbonyl (C=O) groups is 2. The van der Waals surface area contributed by atoms with Crippen molar-refractivity contribution in [2.24, 2.45) is 0 Å². The standard InChI is InChI=1S/C20H38O4/c1-4-6-8-10-12-14-19(21)23-17-16-18(3)24-20(22)15-13-11-9-7-5-2/h18H,4-17H2,1-3H3. The van der Waals surface area contributed by atoms with Gasteiger partial charge < -0.3 is 9.47 Å². The third-order valence-electron chi connectivity index (χ3n) is 4.09.